The molecular formula is C45H70N16O7. The zero-order valence-electron chi connectivity index (χ0n) is 40.0. The summed E-state index contributed by atoms with van der Waals surface area (Å²) in [7, 11) is 0. The summed E-state index contributed by atoms with van der Waals surface area (Å²) in [5.41, 5.74) is 2.07. The second kappa shape index (κ2) is 20.9. The molecule has 2 aliphatic carbocycles. The van der Waals surface area contributed by atoms with Crippen LogP contribution in [0.4, 0.5) is 28.3 Å². The quantitative estimate of drug-likeness (QED) is 0.0675. The Balaban J connectivity index is 0.951. The van der Waals surface area contributed by atoms with E-state index in [2.05, 4.69) is 69.6 Å². The number of fused-ring (bicyclic) bond motifs is 2. The summed E-state index contributed by atoms with van der Waals surface area (Å²) < 4.78 is 3.54. The minimum Gasteiger partial charge on any atom is -0.388 e. The molecule has 8 rings (SSSR count). The number of imidazole rings is 2. The maximum atomic E-state index is 13.6. The van der Waals surface area contributed by atoms with Gasteiger partial charge in [0, 0.05) is 63.2 Å². The summed E-state index contributed by atoms with van der Waals surface area (Å²) in [5, 5.41) is 63.3. The van der Waals surface area contributed by atoms with Gasteiger partial charge in [0.1, 0.15) is 24.4 Å². The molecule has 4 aliphatic rings. The number of anilines is 4. The first-order chi connectivity index (χ1) is 32.8. The number of aliphatic hydroxyl groups is 4. The Morgan fingerprint density at radius 1 is 0.588 bits per heavy atom. The number of rotatable bonds is 18. The number of hydrogen-bond acceptors (Lipinski definition) is 17. The Morgan fingerprint density at radius 3 is 1.35 bits per heavy atom. The van der Waals surface area contributed by atoms with Crippen LogP contribution < -0.4 is 41.7 Å². The number of nitrogens with zero attached hydrogens (tertiary/aromatic N) is 10. The van der Waals surface area contributed by atoms with E-state index in [1.807, 2.05) is 9.80 Å². The standard InChI is InChI=1S/C45H70N16O7/c1-7-23(8-2)48-39-33-41(60(21-46-33)29-17-27(35(64)37(29)66)52-31(62)11-5)56-43(54-39)58-15-13-25(19-58)50-45(68)51-26-14-16-59(20-26)44-55-40(49-24(9-3)10-4)34-42(57-44)61(22-47-34)30-18-28(36(65)38(30)67)53-32(63)12-6/h21-30,35-38,64-67H,7-20H2,1-6H3,(H,52,62)(H,53,63)(H,48,54,56)(H,49,55,57)(H2,50,51,68)/t25-,26+,27-,28-,29+,30+,35+,36+,37-,38-/m0/s1. The highest BCUT2D eigenvalue weighted by Crippen LogP contribution is 2.37. The molecule has 0 spiro atoms. The second-order valence-corrected chi connectivity index (χ2v) is 18.8. The highest BCUT2D eigenvalue weighted by atomic mass is 16.3. The summed E-state index contributed by atoms with van der Waals surface area (Å²) in [6, 6.07) is -2.87. The number of urea groups is 1. The summed E-state index contributed by atoms with van der Waals surface area (Å²) in [6.07, 6.45) is 4.43. The van der Waals surface area contributed by atoms with Crippen LogP contribution in [0.1, 0.15) is 118 Å². The van der Waals surface area contributed by atoms with Crippen LogP contribution in [0.5, 0.6) is 0 Å². The average molecular weight is 947 g/mol. The molecule has 23 nitrogen and oxygen atoms in total. The van der Waals surface area contributed by atoms with Gasteiger partial charge >= 0.3 is 6.03 Å². The number of aliphatic hydroxyl groups excluding tert-OH is 4. The van der Waals surface area contributed by atoms with Gasteiger partial charge in [-0.1, -0.05) is 41.5 Å². The third kappa shape index (κ3) is 9.93. The van der Waals surface area contributed by atoms with Crippen molar-refractivity contribution in [1.29, 1.82) is 0 Å². The normalized spacial score (nSPS) is 27.2. The van der Waals surface area contributed by atoms with Crippen molar-refractivity contribution >= 4 is 63.7 Å². The first-order valence-electron chi connectivity index (χ1n) is 24.7. The minimum absolute atomic E-state index is 0.129. The van der Waals surface area contributed by atoms with E-state index in [1.54, 1.807) is 35.6 Å². The van der Waals surface area contributed by atoms with Crippen LogP contribution in [0, 0.1) is 0 Å². The Hall–Kier alpha value is -5.65. The molecule has 10 atom stereocenters. The first kappa shape index (κ1) is 48.8. The number of aromatic nitrogens is 8. The molecule has 2 aliphatic heterocycles. The maximum absolute atomic E-state index is 13.6. The number of amides is 4. The molecule has 0 bridgehead atoms. The van der Waals surface area contributed by atoms with Gasteiger partial charge in [0.15, 0.2) is 34.0 Å². The fourth-order valence-corrected chi connectivity index (χ4v) is 10.2. The molecule has 23 heteroatoms. The van der Waals surface area contributed by atoms with E-state index in [0.29, 0.717) is 97.7 Å². The molecule has 4 aromatic heterocycles. The number of carbonyl (C=O) groups is 3. The molecule has 4 aromatic rings. The van der Waals surface area contributed by atoms with Crippen LogP contribution in [0.3, 0.4) is 0 Å². The molecule has 0 aromatic carbocycles. The Morgan fingerprint density at radius 2 is 0.985 bits per heavy atom. The monoisotopic (exact) mass is 947 g/mol. The predicted molar refractivity (Wildman–Crippen MR) is 255 cm³/mol. The highest BCUT2D eigenvalue weighted by molar-refractivity contribution is 5.86. The molecule has 2 saturated heterocycles. The summed E-state index contributed by atoms with van der Waals surface area (Å²) in [4.78, 5) is 71.3. The smallest absolute Gasteiger partial charge is 0.315 e. The van der Waals surface area contributed by atoms with Crippen LogP contribution in [0.25, 0.3) is 22.3 Å². The van der Waals surface area contributed by atoms with E-state index in [4.69, 9.17) is 19.9 Å². The third-order valence-electron chi connectivity index (χ3n) is 14.4. The van der Waals surface area contributed by atoms with Gasteiger partial charge in [-0.3, -0.25) is 9.59 Å². The summed E-state index contributed by atoms with van der Waals surface area (Å²) >= 11 is 0. The van der Waals surface area contributed by atoms with Gasteiger partial charge in [-0.25, -0.2) is 14.8 Å². The van der Waals surface area contributed by atoms with E-state index in [0.717, 1.165) is 25.7 Å². The average Bonchev–Trinajstić information content (AvgIpc) is 4.22. The zero-order valence-corrected chi connectivity index (χ0v) is 40.0. The third-order valence-corrected chi connectivity index (χ3v) is 14.4. The van der Waals surface area contributed by atoms with Gasteiger partial charge < -0.3 is 71.3 Å². The molecule has 4 amide bonds. The van der Waals surface area contributed by atoms with Crippen LogP contribution in [-0.4, -0.2) is 164 Å². The molecule has 6 heterocycles. The van der Waals surface area contributed by atoms with Gasteiger partial charge in [0.25, 0.3) is 0 Å². The molecule has 2 saturated carbocycles. The van der Waals surface area contributed by atoms with Crippen LogP contribution in [0.15, 0.2) is 12.7 Å². The Bertz CT molecular complexity index is 2250. The predicted octanol–water partition coefficient (Wildman–Crippen LogP) is 1.45. The van der Waals surface area contributed by atoms with Crippen molar-refractivity contribution in [2.75, 3.05) is 46.6 Å². The lowest BCUT2D eigenvalue weighted by Crippen LogP contribution is -2.48. The van der Waals surface area contributed by atoms with E-state index in [9.17, 15) is 34.8 Å². The van der Waals surface area contributed by atoms with Gasteiger partial charge in [-0.15, -0.1) is 0 Å². The van der Waals surface area contributed by atoms with Gasteiger partial charge in [0.2, 0.25) is 23.7 Å². The van der Waals surface area contributed by atoms with Gasteiger partial charge in [-0.05, 0) is 51.4 Å². The molecule has 4 fully saturated rings. The second-order valence-electron chi connectivity index (χ2n) is 18.8. The lowest BCUT2D eigenvalue weighted by molar-refractivity contribution is -0.123. The van der Waals surface area contributed by atoms with E-state index < -0.39 is 48.6 Å². The van der Waals surface area contributed by atoms with Crippen LogP contribution in [-0.2, 0) is 9.59 Å². The van der Waals surface area contributed by atoms with E-state index >= 15 is 0 Å². The van der Waals surface area contributed by atoms with Crippen LogP contribution >= 0.6 is 0 Å². The Labute approximate surface area is 395 Å². The fourth-order valence-electron chi connectivity index (χ4n) is 10.2. The minimum atomic E-state index is -1.16. The number of hydrogen-bond donors (Lipinski definition) is 10. The number of nitrogens with one attached hydrogen (secondary N) is 6. The first-order valence-corrected chi connectivity index (χ1v) is 24.7. The molecular weight excluding hydrogens is 877 g/mol. The fraction of sp³-hybridized carbons (Fsp3) is 0.711. The van der Waals surface area contributed by atoms with Crippen molar-refractivity contribution in [3.63, 3.8) is 0 Å². The van der Waals surface area contributed by atoms with Gasteiger partial charge in [0.05, 0.1) is 36.8 Å². The Kier molecular flexibility index (Phi) is 15.0. The summed E-state index contributed by atoms with van der Waals surface area (Å²) in [5.74, 6) is 1.61. The maximum Gasteiger partial charge on any atom is 0.315 e. The number of carbonyl (C=O) groups excluding carboxylic acids is 3. The van der Waals surface area contributed by atoms with Crippen molar-refractivity contribution in [3.8, 4) is 0 Å². The van der Waals surface area contributed by atoms with Crippen molar-refractivity contribution in [1.82, 2.24) is 60.3 Å². The van der Waals surface area contributed by atoms with E-state index in [-0.39, 0.29) is 54.9 Å². The zero-order chi connectivity index (χ0) is 48.4. The highest BCUT2D eigenvalue weighted by Gasteiger charge is 2.45. The lowest BCUT2D eigenvalue weighted by atomic mass is 10.2. The summed E-state index contributed by atoms with van der Waals surface area (Å²) in [6.45, 7) is 13.9. The molecule has 68 heavy (non-hydrogen) atoms. The van der Waals surface area contributed by atoms with Crippen molar-refractivity contribution in [2.45, 2.75) is 179 Å². The largest absolute Gasteiger partial charge is 0.388 e. The van der Waals surface area contributed by atoms with Crippen molar-refractivity contribution in [2.24, 2.45) is 0 Å². The molecule has 372 valence electrons. The molecule has 10 N–H and O–H groups in total. The topological polar surface area (TPSA) is 298 Å². The lowest BCUT2D eigenvalue weighted by Gasteiger charge is -2.22. The van der Waals surface area contributed by atoms with E-state index in [1.165, 1.54) is 0 Å². The van der Waals surface area contributed by atoms with Gasteiger partial charge in [-0.2, -0.15) is 19.9 Å². The molecule has 0 unspecified atom stereocenters. The molecule has 0 radical (unpaired) electrons. The van der Waals surface area contributed by atoms with Crippen molar-refractivity contribution < 1.29 is 34.8 Å². The van der Waals surface area contributed by atoms with Crippen LogP contribution in [0.2, 0.25) is 0 Å². The SMILES string of the molecule is CCC(=O)N[C@H]1C[C@@H](n2cnc3c(NC(CC)CC)nc(N4CC[C@@H](NC(=O)N[C@H]5CCN(c6nc(NC(CC)CC)c7ncn([C@@H]8C[C@H](NC(=O)CC)[C@@H](O)[C@H]8O)c7n6)C5)C4)nc32)[C@H](O)[C@@H]1O. The van der Waals surface area contributed by atoms with Crippen molar-refractivity contribution in [3.05, 3.63) is 12.7 Å².